The second kappa shape index (κ2) is 8.85. The van der Waals surface area contributed by atoms with Crippen molar-refractivity contribution in [3.63, 3.8) is 0 Å². The summed E-state index contributed by atoms with van der Waals surface area (Å²) >= 11 is 2.71. The molecule has 2 N–H and O–H groups in total. The summed E-state index contributed by atoms with van der Waals surface area (Å²) < 4.78 is 24.9. The molecule has 1 aromatic carbocycles. The Morgan fingerprint density at radius 2 is 1.79 bits per heavy atom. The van der Waals surface area contributed by atoms with Gasteiger partial charge in [0, 0.05) is 34.3 Å². The molecule has 2 aromatic heterocycles. The fourth-order valence-electron chi connectivity index (χ4n) is 2.50. The van der Waals surface area contributed by atoms with E-state index in [2.05, 4.69) is 15.0 Å². The van der Waals surface area contributed by atoms with Crippen molar-refractivity contribution in [1.82, 2.24) is 4.98 Å². The van der Waals surface area contributed by atoms with Gasteiger partial charge in [0.1, 0.15) is 0 Å². The summed E-state index contributed by atoms with van der Waals surface area (Å²) in [6.45, 7) is 1.93. The zero-order valence-corrected chi connectivity index (χ0v) is 18.2. The van der Waals surface area contributed by atoms with Crippen LogP contribution in [0.5, 0.6) is 0 Å². The van der Waals surface area contributed by atoms with E-state index >= 15 is 0 Å². The van der Waals surface area contributed by atoms with Crippen LogP contribution in [0.2, 0.25) is 0 Å². The van der Waals surface area contributed by atoms with Gasteiger partial charge >= 0.3 is 0 Å². The number of sulfonamides is 1. The van der Waals surface area contributed by atoms with Gasteiger partial charge < -0.3 is 5.32 Å². The number of Topliss-reactive ketones (excluding diaryl/α,β-unsaturated/α-hetero) is 1. The number of hydrogen-bond acceptors (Lipinski definition) is 7. The highest BCUT2D eigenvalue weighted by molar-refractivity contribution is 7.92. The molecule has 10 heteroatoms. The van der Waals surface area contributed by atoms with Gasteiger partial charge in [-0.05, 0) is 31.2 Å². The van der Waals surface area contributed by atoms with Crippen molar-refractivity contribution in [2.75, 3.05) is 16.3 Å². The number of amides is 1. The van der Waals surface area contributed by atoms with Crippen LogP contribution in [0.15, 0.2) is 41.8 Å². The average molecular weight is 450 g/mol. The quantitative estimate of drug-likeness (QED) is 0.503. The lowest BCUT2D eigenvalue weighted by atomic mass is 10.1. The fourth-order valence-corrected chi connectivity index (χ4v) is 4.64. The molecular formula is C19H19N3O4S3. The van der Waals surface area contributed by atoms with E-state index in [4.69, 9.17) is 0 Å². The number of carbonyl (C=O) groups is 2. The van der Waals surface area contributed by atoms with Gasteiger partial charge in [-0.15, -0.1) is 22.7 Å². The first-order valence-corrected chi connectivity index (χ1v) is 12.2. The van der Waals surface area contributed by atoms with E-state index in [-0.39, 0.29) is 24.5 Å². The molecule has 0 radical (unpaired) electrons. The predicted molar refractivity (Wildman–Crippen MR) is 117 cm³/mol. The average Bonchev–Trinajstić information content (AvgIpc) is 3.28. The van der Waals surface area contributed by atoms with Crippen LogP contribution < -0.4 is 10.0 Å². The molecule has 152 valence electrons. The summed E-state index contributed by atoms with van der Waals surface area (Å²) in [5.41, 5.74) is 1.93. The third-order valence-corrected chi connectivity index (χ3v) is 6.23. The first kappa shape index (κ1) is 21.2. The first-order chi connectivity index (χ1) is 13.7. The number of benzene rings is 1. The fraction of sp³-hybridized carbons (Fsp3) is 0.211. The molecular weight excluding hydrogens is 430 g/mol. The van der Waals surface area contributed by atoms with Crippen LogP contribution in [-0.4, -0.2) is 31.3 Å². The van der Waals surface area contributed by atoms with Crippen LogP contribution >= 0.6 is 22.7 Å². The van der Waals surface area contributed by atoms with E-state index in [0.717, 1.165) is 16.7 Å². The first-order valence-electron chi connectivity index (χ1n) is 8.63. The molecule has 0 saturated heterocycles. The minimum atomic E-state index is -3.33. The molecule has 0 aliphatic heterocycles. The van der Waals surface area contributed by atoms with Crippen molar-refractivity contribution < 1.29 is 18.0 Å². The largest absolute Gasteiger partial charge is 0.302 e. The van der Waals surface area contributed by atoms with Gasteiger partial charge in [-0.3, -0.25) is 14.3 Å². The molecule has 0 aliphatic carbocycles. The van der Waals surface area contributed by atoms with Crippen LogP contribution in [0.4, 0.5) is 10.8 Å². The molecule has 0 fully saturated rings. The number of nitrogens with one attached hydrogen (secondary N) is 2. The zero-order chi connectivity index (χ0) is 21.0. The number of hydrogen-bond donors (Lipinski definition) is 2. The van der Waals surface area contributed by atoms with E-state index < -0.39 is 10.0 Å². The molecule has 0 saturated carbocycles. The van der Waals surface area contributed by atoms with Crippen molar-refractivity contribution in [3.8, 4) is 11.3 Å². The smallest absolute Gasteiger partial charge is 0.229 e. The van der Waals surface area contributed by atoms with Gasteiger partial charge in [0.05, 0.1) is 16.8 Å². The standard InChI is InChI=1S/C19H19N3O4S3/c1-12-3-9-17(28-12)16(23)8-10-18(24)21-19-20-15(11-27-19)13-4-6-14(7-5-13)22-29(2,25)26/h3-7,9,11,22H,8,10H2,1-2H3,(H,20,21,24). The molecule has 0 spiro atoms. The number of rotatable bonds is 8. The zero-order valence-electron chi connectivity index (χ0n) is 15.8. The topological polar surface area (TPSA) is 105 Å². The van der Waals surface area contributed by atoms with E-state index in [1.807, 2.05) is 13.0 Å². The maximum absolute atomic E-state index is 12.1. The molecule has 0 unspecified atom stereocenters. The summed E-state index contributed by atoms with van der Waals surface area (Å²) in [5, 5.41) is 4.96. The van der Waals surface area contributed by atoms with Crippen molar-refractivity contribution in [1.29, 1.82) is 0 Å². The van der Waals surface area contributed by atoms with Gasteiger partial charge in [0.25, 0.3) is 0 Å². The van der Waals surface area contributed by atoms with Crippen LogP contribution in [0, 0.1) is 6.92 Å². The minimum Gasteiger partial charge on any atom is -0.302 e. The highest BCUT2D eigenvalue weighted by Crippen LogP contribution is 2.26. The van der Waals surface area contributed by atoms with Gasteiger partial charge in [-0.2, -0.15) is 0 Å². The van der Waals surface area contributed by atoms with Crippen LogP contribution in [0.25, 0.3) is 11.3 Å². The molecule has 0 aliphatic rings. The summed E-state index contributed by atoms with van der Waals surface area (Å²) in [6, 6.07) is 10.5. The Bertz CT molecular complexity index is 1130. The number of anilines is 2. The molecule has 3 aromatic rings. The molecule has 1 amide bonds. The van der Waals surface area contributed by atoms with Crippen LogP contribution in [-0.2, 0) is 14.8 Å². The molecule has 3 rings (SSSR count). The van der Waals surface area contributed by atoms with Crippen molar-refractivity contribution in [3.05, 3.63) is 51.5 Å². The lowest BCUT2D eigenvalue weighted by Gasteiger charge is -2.04. The number of thiophene rings is 1. The monoisotopic (exact) mass is 449 g/mol. The number of nitrogens with zero attached hydrogens (tertiary/aromatic N) is 1. The lowest BCUT2D eigenvalue weighted by molar-refractivity contribution is -0.116. The van der Waals surface area contributed by atoms with E-state index in [1.165, 1.54) is 22.7 Å². The maximum atomic E-state index is 12.1. The Morgan fingerprint density at radius 1 is 1.07 bits per heavy atom. The number of carbonyl (C=O) groups excluding carboxylic acids is 2. The van der Waals surface area contributed by atoms with Gasteiger partial charge in [-0.1, -0.05) is 12.1 Å². The Kier molecular flexibility index (Phi) is 6.46. The second-order valence-corrected chi connectivity index (χ2v) is 10.3. The van der Waals surface area contributed by atoms with Crippen LogP contribution in [0.3, 0.4) is 0 Å². The van der Waals surface area contributed by atoms with E-state index in [1.54, 1.807) is 35.7 Å². The van der Waals surface area contributed by atoms with Crippen molar-refractivity contribution in [2.24, 2.45) is 0 Å². The number of ketones is 1. The summed E-state index contributed by atoms with van der Waals surface area (Å²) in [5.74, 6) is -0.305. The number of thiazole rings is 1. The normalized spacial score (nSPS) is 11.2. The third-order valence-electron chi connectivity index (χ3n) is 3.83. The Labute approximate surface area is 176 Å². The number of aromatic nitrogens is 1. The predicted octanol–water partition coefficient (Wildman–Crippen LogP) is 4.15. The lowest BCUT2D eigenvalue weighted by Crippen LogP contribution is -2.13. The van der Waals surface area contributed by atoms with Gasteiger partial charge in [0.2, 0.25) is 15.9 Å². The molecule has 0 bridgehead atoms. The summed E-state index contributed by atoms with van der Waals surface area (Å²) in [6.07, 6.45) is 1.33. The molecule has 7 nitrogen and oxygen atoms in total. The summed E-state index contributed by atoms with van der Waals surface area (Å²) in [4.78, 5) is 30.3. The molecule has 29 heavy (non-hydrogen) atoms. The third kappa shape index (κ3) is 6.21. The highest BCUT2D eigenvalue weighted by Gasteiger charge is 2.13. The van der Waals surface area contributed by atoms with Crippen LogP contribution in [0.1, 0.15) is 27.4 Å². The Balaban J connectivity index is 1.55. The molecule has 0 atom stereocenters. The molecule has 2 heterocycles. The Morgan fingerprint density at radius 3 is 2.41 bits per heavy atom. The van der Waals surface area contributed by atoms with Gasteiger partial charge in [-0.25, -0.2) is 13.4 Å². The second-order valence-electron chi connectivity index (χ2n) is 6.37. The highest BCUT2D eigenvalue weighted by atomic mass is 32.2. The van der Waals surface area contributed by atoms with Gasteiger partial charge in [0.15, 0.2) is 10.9 Å². The Hall–Kier alpha value is -2.56. The van der Waals surface area contributed by atoms with Crippen molar-refractivity contribution >= 4 is 55.2 Å². The summed E-state index contributed by atoms with van der Waals surface area (Å²) in [7, 11) is -3.33. The van der Waals surface area contributed by atoms with E-state index in [0.29, 0.717) is 21.4 Å². The maximum Gasteiger partial charge on any atom is 0.229 e. The van der Waals surface area contributed by atoms with E-state index in [9.17, 15) is 18.0 Å². The SMILES string of the molecule is Cc1ccc(C(=O)CCC(=O)Nc2nc(-c3ccc(NS(C)(=O)=O)cc3)cs2)s1. The van der Waals surface area contributed by atoms with Crippen molar-refractivity contribution in [2.45, 2.75) is 19.8 Å². The number of aryl methyl sites for hydroxylation is 1. The minimum absolute atomic E-state index is 0.0409.